The first-order valence-corrected chi connectivity index (χ1v) is 10.5. The van der Waals surface area contributed by atoms with Crippen LogP contribution in [0.25, 0.3) is 0 Å². The van der Waals surface area contributed by atoms with Gasteiger partial charge in [0.25, 0.3) is 0 Å². The van der Waals surface area contributed by atoms with Crippen molar-refractivity contribution < 1.29 is 13.2 Å². The third-order valence-corrected chi connectivity index (χ3v) is 6.18. The number of rotatable bonds is 7. The lowest BCUT2D eigenvalue weighted by Gasteiger charge is -2.38. The summed E-state index contributed by atoms with van der Waals surface area (Å²) >= 11 is 0. The van der Waals surface area contributed by atoms with Gasteiger partial charge in [-0.25, -0.2) is 8.42 Å². The van der Waals surface area contributed by atoms with Crippen molar-refractivity contribution in [2.45, 2.75) is 51.1 Å². The van der Waals surface area contributed by atoms with Crippen LogP contribution in [-0.2, 0) is 21.1 Å². The number of nitrogens with zero attached hydrogens (tertiary/aromatic N) is 1. The fourth-order valence-corrected chi connectivity index (χ4v) is 4.57. The van der Waals surface area contributed by atoms with Gasteiger partial charge in [-0.05, 0) is 44.6 Å². The molecule has 0 radical (unpaired) electrons. The predicted octanol–water partition coefficient (Wildman–Crippen LogP) is 2.18. The number of nitrogens with two attached hydrogens (primary N) is 1. The van der Waals surface area contributed by atoms with Crippen molar-refractivity contribution in [1.29, 1.82) is 0 Å². The number of hydrogen-bond donors (Lipinski definition) is 1. The summed E-state index contributed by atoms with van der Waals surface area (Å²) in [5.74, 6) is -0.647. The van der Waals surface area contributed by atoms with E-state index in [9.17, 15) is 13.2 Å². The van der Waals surface area contributed by atoms with Crippen LogP contribution in [0.1, 0.15) is 38.2 Å². The summed E-state index contributed by atoms with van der Waals surface area (Å²) in [7, 11) is -3.38. The minimum atomic E-state index is -3.38. The van der Waals surface area contributed by atoms with E-state index in [1.807, 2.05) is 37.3 Å². The Balaban J connectivity index is 0.00000312. The number of likely N-dealkylation sites (tertiary alicyclic amines) is 1. The second-order valence-electron chi connectivity index (χ2n) is 6.69. The average molecular weight is 389 g/mol. The normalized spacial score (nSPS) is 19.1. The SMILES string of the molecule is CC(N)C1CCCCN1C(=O)CS(=O)(=O)CCCc1ccccc1.Cl. The van der Waals surface area contributed by atoms with Gasteiger partial charge >= 0.3 is 0 Å². The zero-order valence-corrected chi connectivity index (χ0v) is 16.4. The Morgan fingerprint density at radius 3 is 2.60 bits per heavy atom. The van der Waals surface area contributed by atoms with Crippen molar-refractivity contribution in [3.63, 3.8) is 0 Å². The van der Waals surface area contributed by atoms with Gasteiger partial charge in [0.2, 0.25) is 5.91 Å². The smallest absolute Gasteiger partial charge is 0.238 e. The summed E-state index contributed by atoms with van der Waals surface area (Å²) in [6.45, 7) is 2.50. The average Bonchev–Trinajstić information content (AvgIpc) is 2.55. The minimum Gasteiger partial charge on any atom is -0.337 e. The largest absolute Gasteiger partial charge is 0.337 e. The van der Waals surface area contributed by atoms with Crippen LogP contribution in [0, 0.1) is 0 Å². The molecule has 25 heavy (non-hydrogen) atoms. The summed E-state index contributed by atoms with van der Waals surface area (Å²) in [5.41, 5.74) is 7.08. The molecule has 1 aliphatic heterocycles. The molecule has 142 valence electrons. The fraction of sp³-hybridized carbons (Fsp3) is 0.611. The van der Waals surface area contributed by atoms with Crippen LogP contribution in [0.5, 0.6) is 0 Å². The van der Waals surface area contributed by atoms with E-state index in [1.165, 1.54) is 0 Å². The second-order valence-corrected chi connectivity index (χ2v) is 8.87. The maximum Gasteiger partial charge on any atom is 0.238 e. The van der Waals surface area contributed by atoms with Gasteiger partial charge in [-0.3, -0.25) is 4.79 Å². The highest BCUT2D eigenvalue weighted by atomic mass is 35.5. The van der Waals surface area contributed by atoms with E-state index in [0.29, 0.717) is 19.4 Å². The molecule has 2 unspecified atom stereocenters. The number of piperidine rings is 1. The Bertz CT molecular complexity index is 635. The number of sulfone groups is 1. The quantitative estimate of drug-likeness (QED) is 0.776. The molecule has 1 aromatic carbocycles. The number of carbonyl (C=O) groups is 1. The lowest BCUT2D eigenvalue weighted by Crippen LogP contribution is -2.53. The van der Waals surface area contributed by atoms with Crippen LogP contribution >= 0.6 is 12.4 Å². The maximum atomic E-state index is 12.5. The van der Waals surface area contributed by atoms with E-state index in [-0.39, 0.29) is 36.2 Å². The molecule has 0 aromatic heterocycles. The predicted molar refractivity (Wildman–Crippen MR) is 104 cm³/mol. The third-order valence-electron chi connectivity index (χ3n) is 4.58. The van der Waals surface area contributed by atoms with Crippen LogP contribution in [0.3, 0.4) is 0 Å². The first-order chi connectivity index (χ1) is 11.4. The molecule has 2 rings (SSSR count). The Morgan fingerprint density at radius 1 is 1.28 bits per heavy atom. The first kappa shape index (κ1) is 21.9. The van der Waals surface area contributed by atoms with E-state index in [2.05, 4.69) is 0 Å². The van der Waals surface area contributed by atoms with Crippen molar-refractivity contribution in [3.8, 4) is 0 Å². The molecular weight excluding hydrogens is 360 g/mol. The molecular formula is C18H29ClN2O3S. The van der Waals surface area contributed by atoms with Gasteiger partial charge in [0.1, 0.15) is 5.75 Å². The molecule has 1 fully saturated rings. The number of carbonyl (C=O) groups excluding carboxylic acids is 1. The molecule has 2 atom stereocenters. The third kappa shape index (κ3) is 6.96. The Morgan fingerprint density at radius 2 is 1.96 bits per heavy atom. The maximum absolute atomic E-state index is 12.5. The van der Waals surface area contributed by atoms with Gasteiger partial charge in [0.05, 0.1) is 5.75 Å². The van der Waals surface area contributed by atoms with E-state index in [4.69, 9.17) is 5.73 Å². The number of aryl methyl sites for hydroxylation is 1. The lowest BCUT2D eigenvalue weighted by atomic mass is 9.97. The zero-order valence-electron chi connectivity index (χ0n) is 14.8. The molecule has 0 bridgehead atoms. The molecule has 0 saturated carbocycles. The van der Waals surface area contributed by atoms with E-state index >= 15 is 0 Å². The molecule has 5 nitrogen and oxygen atoms in total. The van der Waals surface area contributed by atoms with Gasteiger partial charge < -0.3 is 10.6 Å². The van der Waals surface area contributed by atoms with Crippen LogP contribution in [0.2, 0.25) is 0 Å². The Kier molecular flexibility index (Phi) is 8.89. The number of halogens is 1. The van der Waals surface area contributed by atoms with E-state index in [1.54, 1.807) is 4.90 Å². The molecule has 1 aliphatic rings. The summed E-state index contributed by atoms with van der Waals surface area (Å²) < 4.78 is 24.5. The fourth-order valence-electron chi connectivity index (χ4n) is 3.30. The van der Waals surface area contributed by atoms with Crippen molar-refractivity contribution in [2.75, 3.05) is 18.1 Å². The summed E-state index contributed by atoms with van der Waals surface area (Å²) in [4.78, 5) is 14.1. The number of amides is 1. The van der Waals surface area contributed by atoms with Gasteiger partial charge in [0.15, 0.2) is 9.84 Å². The highest BCUT2D eigenvalue weighted by molar-refractivity contribution is 7.92. The van der Waals surface area contributed by atoms with Gasteiger partial charge in [-0.1, -0.05) is 30.3 Å². The summed E-state index contributed by atoms with van der Waals surface area (Å²) in [6, 6.07) is 9.63. The standard InChI is InChI=1S/C18H28N2O3S.ClH/c1-15(19)17-11-5-6-12-20(17)18(21)14-24(22,23)13-7-10-16-8-3-2-4-9-16;/h2-4,8-9,15,17H,5-7,10-14,19H2,1H3;1H. The number of benzene rings is 1. The molecule has 0 aliphatic carbocycles. The highest BCUT2D eigenvalue weighted by Crippen LogP contribution is 2.19. The molecule has 7 heteroatoms. The van der Waals surface area contributed by atoms with E-state index < -0.39 is 15.6 Å². The van der Waals surface area contributed by atoms with Gasteiger partial charge in [0, 0.05) is 18.6 Å². The van der Waals surface area contributed by atoms with Crippen LogP contribution in [-0.4, -0.2) is 49.4 Å². The van der Waals surface area contributed by atoms with Gasteiger partial charge in [-0.2, -0.15) is 0 Å². The zero-order chi connectivity index (χ0) is 17.6. The Hall–Kier alpha value is -1.11. The van der Waals surface area contributed by atoms with E-state index in [0.717, 1.165) is 24.8 Å². The molecule has 0 spiro atoms. The van der Waals surface area contributed by atoms with Crippen LogP contribution < -0.4 is 5.73 Å². The molecule has 1 amide bonds. The highest BCUT2D eigenvalue weighted by Gasteiger charge is 2.31. The van der Waals surface area contributed by atoms with Crippen molar-refractivity contribution >= 4 is 28.2 Å². The summed E-state index contributed by atoms with van der Waals surface area (Å²) in [6.07, 6.45) is 4.07. The van der Waals surface area contributed by atoms with Crippen LogP contribution in [0.15, 0.2) is 30.3 Å². The summed E-state index contributed by atoms with van der Waals surface area (Å²) in [5, 5.41) is 0. The minimum absolute atomic E-state index is 0. The molecule has 2 N–H and O–H groups in total. The second kappa shape index (κ2) is 10.1. The Labute approximate surface area is 157 Å². The monoisotopic (exact) mass is 388 g/mol. The van der Waals surface area contributed by atoms with Crippen molar-refractivity contribution in [1.82, 2.24) is 4.90 Å². The van der Waals surface area contributed by atoms with Gasteiger partial charge in [-0.15, -0.1) is 12.4 Å². The van der Waals surface area contributed by atoms with Crippen molar-refractivity contribution in [3.05, 3.63) is 35.9 Å². The molecule has 1 saturated heterocycles. The number of hydrogen-bond acceptors (Lipinski definition) is 4. The lowest BCUT2D eigenvalue weighted by molar-refractivity contribution is -0.132. The van der Waals surface area contributed by atoms with Crippen molar-refractivity contribution in [2.24, 2.45) is 5.73 Å². The molecule has 1 aromatic rings. The van der Waals surface area contributed by atoms with Crippen LogP contribution in [0.4, 0.5) is 0 Å². The topological polar surface area (TPSA) is 80.5 Å². The molecule has 1 heterocycles. The first-order valence-electron chi connectivity index (χ1n) is 8.68.